The van der Waals surface area contributed by atoms with Gasteiger partial charge < -0.3 is 20.4 Å². The third-order valence-electron chi connectivity index (χ3n) is 7.54. The molecule has 7 nitrogen and oxygen atoms in total. The fraction of sp³-hybridized carbons (Fsp3) is 0.909. The predicted molar refractivity (Wildman–Crippen MR) is 167 cm³/mol. The van der Waals surface area contributed by atoms with Gasteiger partial charge in [0.1, 0.15) is 11.6 Å². The molecule has 4 N–H and O–H groups in total. The van der Waals surface area contributed by atoms with Crippen molar-refractivity contribution < 1.29 is 34.8 Å². The maximum absolute atomic E-state index is 11.3. The van der Waals surface area contributed by atoms with Gasteiger partial charge in [-0.25, -0.2) is 0 Å². The van der Waals surface area contributed by atoms with Crippen LogP contribution >= 0.6 is 0 Å². The molecular formula is C33H68O7. The van der Waals surface area contributed by atoms with Crippen LogP contribution in [0.15, 0.2) is 0 Å². The summed E-state index contributed by atoms with van der Waals surface area (Å²) in [6.07, 6.45) is 4.77. The highest BCUT2D eigenvalue weighted by Gasteiger charge is 2.33. The second-order valence-electron chi connectivity index (χ2n) is 15.8. The number of carbonyl (C=O) groups is 3. The molecule has 0 rings (SSSR count). The topological polar surface area (TPSA) is 132 Å². The summed E-state index contributed by atoms with van der Waals surface area (Å²) < 4.78 is 0. The zero-order chi connectivity index (χ0) is 32.1. The van der Waals surface area contributed by atoms with Crippen LogP contribution in [0.25, 0.3) is 0 Å². The Kier molecular flexibility index (Phi) is 20.9. The molecule has 0 amide bonds. The molecule has 0 aliphatic heterocycles. The van der Waals surface area contributed by atoms with Crippen LogP contribution in [0.3, 0.4) is 0 Å². The number of aliphatic hydroxyl groups excluding tert-OH is 3. The summed E-state index contributed by atoms with van der Waals surface area (Å²) in [5.74, 6) is -0.752. The summed E-state index contributed by atoms with van der Waals surface area (Å²) in [6.45, 7) is 27.0. The van der Waals surface area contributed by atoms with E-state index in [0.29, 0.717) is 6.42 Å². The van der Waals surface area contributed by atoms with Crippen LogP contribution < -0.4 is 0 Å². The van der Waals surface area contributed by atoms with E-state index >= 15 is 0 Å². The van der Waals surface area contributed by atoms with E-state index in [0.717, 1.165) is 32.1 Å². The Morgan fingerprint density at radius 2 is 0.650 bits per heavy atom. The van der Waals surface area contributed by atoms with Crippen molar-refractivity contribution in [1.82, 2.24) is 0 Å². The Bertz CT molecular complexity index is 640. The first-order valence-corrected chi connectivity index (χ1v) is 14.2. The van der Waals surface area contributed by atoms with E-state index in [4.69, 9.17) is 20.4 Å². The second-order valence-corrected chi connectivity index (χ2v) is 15.8. The van der Waals surface area contributed by atoms with Crippen molar-refractivity contribution in [3.63, 3.8) is 0 Å². The number of ketones is 2. The SMILES string of the molecule is C.CC(=O)C(C)(CO)CCC(C)(C)C.CC(=O)[C@@](C)(CO)CCC(C)(C)C.CC(C)(C)CC[C@@](C)(CO)C(=O)O. The molecule has 0 fully saturated rings. The lowest BCUT2D eigenvalue weighted by molar-refractivity contribution is -0.151. The first-order valence-electron chi connectivity index (χ1n) is 14.2. The molecule has 0 saturated heterocycles. The van der Waals surface area contributed by atoms with E-state index in [1.807, 2.05) is 13.8 Å². The van der Waals surface area contributed by atoms with Gasteiger partial charge >= 0.3 is 5.97 Å². The smallest absolute Gasteiger partial charge is 0.311 e. The van der Waals surface area contributed by atoms with Crippen molar-refractivity contribution in [3.8, 4) is 0 Å². The maximum atomic E-state index is 11.3. The van der Waals surface area contributed by atoms with Gasteiger partial charge in [-0.05, 0) is 75.5 Å². The monoisotopic (exact) mass is 576 g/mol. The number of aliphatic hydroxyl groups is 3. The predicted octanol–water partition coefficient (Wildman–Crippen LogP) is 7.33. The highest BCUT2D eigenvalue weighted by molar-refractivity contribution is 5.82. The minimum Gasteiger partial charge on any atom is -0.481 e. The second kappa shape index (κ2) is 18.3. The van der Waals surface area contributed by atoms with Crippen LogP contribution in [0.1, 0.15) is 143 Å². The summed E-state index contributed by atoms with van der Waals surface area (Å²) in [5, 5.41) is 36.1. The van der Waals surface area contributed by atoms with Gasteiger partial charge in [-0.15, -0.1) is 0 Å². The highest BCUT2D eigenvalue weighted by atomic mass is 16.4. The quantitative estimate of drug-likeness (QED) is 0.191. The van der Waals surface area contributed by atoms with Crippen molar-refractivity contribution in [3.05, 3.63) is 0 Å². The summed E-state index contributed by atoms with van der Waals surface area (Å²) in [6, 6.07) is 0. The first-order chi connectivity index (χ1) is 17.1. The molecule has 0 saturated carbocycles. The van der Waals surface area contributed by atoms with Crippen LogP contribution in [-0.2, 0) is 14.4 Å². The number of aliphatic carboxylic acids is 1. The molecule has 0 bridgehead atoms. The van der Waals surface area contributed by atoms with Crippen molar-refractivity contribution in [2.24, 2.45) is 32.5 Å². The summed E-state index contributed by atoms with van der Waals surface area (Å²) in [5.41, 5.74) is -1.47. The molecule has 1 unspecified atom stereocenters. The molecule has 0 aromatic rings. The molecule has 0 spiro atoms. The van der Waals surface area contributed by atoms with Crippen LogP contribution in [0.4, 0.5) is 0 Å². The van der Waals surface area contributed by atoms with Crippen molar-refractivity contribution in [2.75, 3.05) is 19.8 Å². The number of carboxylic acids is 1. The largest absolute Gasteiger partial charge is 0.481 e. The highest BCUT2D eigenvalue weighted by Crippen LogP contribution is 2.32. The first kappa shape index (κ1) is 45.7. The molecule has 242 valence electrons. The van der Waals surface area contributed by atoms with E-state index in [1.54, 1.807) is 20.8 Å². The molecule has 0 heterocycles. The third-order valence-corrected chi connectivity index (χ3v) is 7.54. The lowest BCUT2D eigenvalue weighted by Crippen LogP contribution is -2.32. The zero-order valence-corrected chi connectivity index (χ0v) is 27.9. The summed E-state index contributed by atoms with van der Waals surface area (Å²) >= 11 is 0. The number of rotatable bonds is 12. The van der Waals surface area contributed by atoms with Gasteiger partial charge in [-0.2, -0.15) is 0 Å². The molecule has 0 aliphatic rings. The summed E-state index contributed by atoms with van der Waals surface area (Å²) in [4.78, 5) is 33.3. The molecule has 40 heavy (non-hydrogen) atoms. The molecule has 7 heteroatoms. The molecule has 0 aromatic heterocycles. The van der Waals surface area contributed by atoms with Gasteiger partial charge in [-0.3, -0.25) is 14.4 Å². The van der Waals surface area contributed by atoms with Gasteiger partial charge in [-0.1, -0.05) is 83.6 Å². The minimum absolute atomic E-state index is 0. The Morgan fingerprint density at radius 3 is 0.775 bits per heavy atom. The Labute approximate surface area is 247 Å². The Balaban J connectivity index is -0.000000240. The normalized spacial score (nSPS) is 16.3. The molecule has 0 aliphatic carbocycles. The van der Waals surface area contributed by atoms with Gasteiger partial charge in [0.2, 0.25) is 0 Å². The van der Waals surface area contributed by atoms with Crippen LogP contribution in [0.5, 0.6) is 0 Å². The van der Waals surface area contributed by atoms with Gasteiger partial charge in [0, 0.05) is 10.8 Å². The molecule has 0 radical (unpaired) electrons. The Hall–Kier alpha value is -1.31. The Morgan fingerprint density at radius 1 is 0.450 bits per heavy atom. The number of carboxylic acid groups (broad SMARTS) is 1. The van der Waals surface area contributed by atoms with E-state index in [1.165, 1.54) is 0 Å². The van der Waals surface area contributed by atoms with Crippen LogP contribution in [0, 0.1) is 32.5 Å². The van der Waals surface area contributed by atoms with E-state index in [9.17, 15) is 14.4 Å². The van der Waals surface area contributed by atoms with Gasteiger partial charge in [0.25, 0.3) is 0 Å². The van der Waals surface area contributed by atoms with Crippen molar-refractivity contribution in [1.29, 1.82) is 0 Å². The summed E-state index contributed by atoms with van der Waals surface area (Å²) in [7, 11) is 0. The lowest BCUT2D eigenvalue weighted by Gasteiger charge is -2.28. The lowest BCUT2D eigenvalue weighted by atomic mass is 9.77. The zero-order valence-electron chi connectivity index (χ0n) is 27.9. The standard InChI is InChI=1S/2C11H22O2.C10H20O3.CH4/c2*1-9(13)11(5,8-12)7-6-10(2,3)4;1-9(2,3)5-6-10(4,7-11)8(12)13;/h2*12H,6-8H2,1-5H3;11H,5-7H2,1-4H3,(H,12,13);1H4/t11-;;10-;/m1.0./s1. The number of carbonyl (C=O) groups excluding carboxylic acids is 2. The van der Waals surface area contributed by atoms with E-state index < -0.39 is 22.2 Å². The van der Waals surface area contributed by atoms with E-state index in [2.05, 4.69) is 62.3 Å². The number of hydrogen-bond donors (Lipinski definition) is 4. The van der Waals surface area contributed by atoms with Crippen LogP contribution in [-0.4, -0.2) is 57.8 Å². The molecule has 3 atom stereocenters. The fourth-order valence-electron chi connectivity index (χ4n) is 2.94. The van der Waals surface area contributed by atoms with Gasteiger partial charge in [0.05, 0.1) is 25.2 Å². The van der Waals surface area contributed by atoms with Crippen molar-refractivity contribution >= 4 is 17.5 Å². The number of hydrogen-bond acceptors (Lipinski definition) is 6. The van der Waals surface area contributed by atoms with Gasteiger partial charge in [0.15, 0.2) is 0 Å². The average molecular weight is 577 g/mol. The number of Topliss-reactive ketones (excluding diaryl/α,β-unsaturated/α-hetero) is 2. The van der Waals surface area contributed by atoms with Crippen molar-refractivity contribution in [2.45, 2.75) is 143 Å². The maximum Gasteiger partial charge on any atom is 0.311 e. The average Bonchev–Trinajstić information content (AvgIpc) is 2.78. The molecule has 0 aromatic carbocycles. The van der Waals surface area contributed by atoms with Crippen LogP contribution in [0.2, 0.25) is 0 Å². The van der Waals surface area contributed by atoms with E-state index in [-0.39, 0.29) is 55.1 Å². The molecular weight excluding hydrogens is 508 g/mol. The third kappa shape index (κ3) is 21.4. The minimum atomic E-state index is -0.979. The fourth-order valence-corrected chi connectivity index (χ4v) is 2.94.